The van der Waals surface area contributed by atoms with Gasteiger partial charge in [-0.05, 0) is 50.1 Å². The Morgan fingerprint density at radius 3 is 2.43 bits per heavy atom. The number of aryl methyl sites for hydroxylation is 1. The highest BCUT2D eigenvalue weighted by Gasteiger charge is 2.48. The second-order valence-corrected chi connectivity index (χ2v) is 9.42. The second-order valence-electron chi connectivity index (χ2n) is 8.44. The lowest BCUT2D eigenvalue weighted by molar-refractivity contribution is -0.132. The number of esters is 1. The Kier molecular flexibility index (Phi) is 8.03. The molecule has 1 N–H and O–H groups in total. The van der Waals surface area contributed by atoms with Crippen LogP contribution in [0.15, 0.2) is 60.2 Å². The third-order valence-corrected chi connectivity index (χ3v) is 7.04. The van der Waals surface area contributed by atoms with Gasteiger partial charge in [0.2, 0.25) is 0 Å². The van der Waals surface area contributed by atoms with Gasteiger partial charge in [-0.25, -0.2) is 9.78 Å². The third kappa shape index (κ3) is 5.27. The summed E-state index contributed by atoms with van der Waals surface area (Å²) in [4.78, 5) is 44.9. The molecule has 2 heterocycles. The van der Waals surface area contributed by atoms with Crippen LogP contribution in [0.1, 0.15) is 59.2 Å². The number of unbranched alkanes of at least 4 members (excludes halogenated alkanes) is 1. The van der Waals surface area contributed by atoms with Crippen LogP contribution in [0.4, 0.5) is 5.13 Å². The third-order valence-electron chi connectivity index (χ3n) is 5.91. The Morgan fingerprint density at radius 2 is 1.78 bits per heavy atom. The van der Waals surface area contributed by atoms with E-state index >= 15 is 0 Å². The molecule has 1 aliphatic heterocycles. The standard InChI is InChI=1S/C28H28N2O6S/c1-4-6-16-36-20-14-12-19(13-15-20)23(31)21-22(18-10-8-7-9-11-18)30(26(33)24(21)32)28-29-17(3)25(37-28)27(34)35-5-2/h7-15,22,31H,4-6,16H2,1-3H3/t22-/m0/s1. The van der Waals surface area contributed by atoms with Crippen molar-refractivity contribution in [3.8, 4) is 5.75 Å². The molecular weight excluding hydrogens is 492 g/mol. The topological polar surface area (TPSA) is 106 Å². The Hall–Kier alpha value is -3.98. The molecule has 0 spiro atoms. The van der Waals surface area contributed by atoms with Crippen LogP contribution in [0.25, 0.3) is 5.76 Å². The van der Waals surface area contributed by atoms with Gasteiger partial charge in [0.15, 0.2) is 5.13 Å². The van der Waals surface area contributed by atoms with Gasteiger partial charge in [0.1, 0.15) is 16.4 Å². The average Bonchev–Trinajstić information content (AvgIpc) is 3.41. The summed E-state index contributed by atoms with van der Waals surface area (Å²) in [5.41, 5.74) is 1.34. The first kappa shape index (κ1) is 26.1. The van der Waals surface area contributed by atoms with Crippen molar-refractivity contribution in [1.82, 2.24) is 4.98 Å². The van der Waals surface area contributed by atoms with Crippen molar-refractivity contribution < 1.29 is 29.0 Å². The number of hydrogen-bond acceptors (Lipinski definition) is 8. The summed E-state index contributed by atoms with van der Waals surface area (Å²) in [5, 5.41) is 11.5. The zero-order valence-corrected chi connectivity index (χ0v) is 21.7. The number of rotatable bonds is 9. The Bertz CT molecular complexity index is 1330. The van der Waals surface area contributed by atoms with Crippen LogP contribution in [0.3, 0.4) is 0 Å². The van der Waals surface area contributed by atoms with E-state index in [4.69, 9.17) is 9.47 Å². The average molecular weight is 521 g/mol. The maximum Gasteiger partial charge on any atom is 0.350 e. The fourth-order valence-electron chi connectivity index (χ4n) is 4.05. The number of hydrogen-bond donors (Lipinski definition) is 1. The predicted molar refractivity (Wildman–Crippen MR) is 141 cm³/mol. The summed E-state index contributed by atoms with van der Waals surface area (Å²) < 4.78 is 10.8. The summed E-state index contributed by atoms with van der Waals surface area (Å²) in [6.45, 7) is 6.20. The van der Waals surface area contributed by atoms with Gasteiger partial charge in [-0.3, -0.25) is 14.5 Å². The van der Waals surface area contributed by atoms with Gasteiger partial charge in [0, 0.05) is 5.56 Å². The highest BCUT2D eigenvalue weighted by Crippen LogP contribution is 2.44. The number of carbonyl (C=O) groups excluding carboxylic acids is 3. The first-order valence-electron chi connectivity index (χ1n) is 12.1. The number of ether oxygens (including phenoxy) is 2. The summed E-state index contributed by atoms with van der Waals surface area (Å²) in [5.74, 6) is -1.86. The molecule has 0 bridgehead atoms. The van der Waals surface area contributed by atoms with Gasteiger partial charge in [-0.1, -0.05) is 55.0 Å². The molecule has 1 atom stereocenters. The second kappa shape index (κ2) is 11.4. The number of benzene rings is 2. The quantitative estimate of drug-likeness (QED) is 0.132. The van der Waals surface area contributed by atoms with E-state index in [1.165, 1.54) is 4.90 Å². The Balaban J connectivity index is 1.78. The van der Waals surface area contributed by atoms with E-state index in [0.29, 0.717) is 29.2 Å². The highest BCUT2D eigenvalue weighted by atomic mass is 32.1. The van der Waals surface area contributed by atoms with Gasteiger partial charge in [0.25, 0.3) is 5.78 Å². The van der Waals surface area contributed by atoms with E-state index < -0.39 is 23.7 Å². The van der Waals surface area contributed by atoms with Gasteiger partial charge in [-0.2, -0.15) is 0 Å². The minimum atomic E-state index is -0.928. The van der Waals surface area contributed by atoms with E-state index in [-0.39, 0.29) is 27.9 Å². The van der Waals surface area contributed by atoms with Gasteiger partial charge < -0.3 is 14.6 Å². The molecule has 192 valence electrons. The van der Waals surface area contributed by atoms with Crippen LogP contribution in [0.5, 0.6) is 5.75 Å². The molecule has 1 saturated heterocycles. The molecular formula is C28H28N2O6S. The van der Waals surface area contributed by atoms with Crippen molar-refractivity contribution in [2.45, 2.75) is 39.7 Å². The van der Waals surface area contributed by atoms with E-state index in [0.717, 1.165) is 24.2 Å². The van der Waals surface area contributed by atoms with Gasteiger partial charge in [-0.15, -0.1) is 0 Å². The number of aliphatic hydroxyl groups excluding tert-OH is 1. The Morgan fingerprint density at radius 1 is 1.08 bits per heavy atom. The number of aromatic nitrogens is 1. The van der Waals surface area contributed by atoms with Crippen LogP contribution < -0.4 is 9.64 Å². The van der Waals surface area contributed by atoms with Crippen molar-refractivity contribution in [2.24, 2.45) is 0 Å². The molecule has 0 saturated carbocycles. The molecule has 0 radical (unpaired) electrons. The minimum absolute atomic E-state index is 0.0543. The zero-order valence-electron chi connectivity index (χ0n) is 20.9. The lowest BCUT2D eigenvalue weighted by Gasteiger charge is -2.23. The molecule has 1 amide bonds. The van der Waals surface area contributed by atoms with Crippen molar-refractivity contribution in [3.63, 3.8) is 0 Å². The smallest absolute Gasteiger partial charge is 0.350 e. The van der Waals surface area contributed by atoms with E-state index in [2.05, 4.69) is 11.9 Å². The Labute approximate surface area is 219 Å². The SMILES string of the molecule is CCCCOc1ccc(C(O)=C2C(=O)C(=O)N(c3nc(C)c(C(=O)OCC)s3)[C@H]2c2ccccc2)cc1. The molecule has 37 heavy (non-hydrogen) atoms. The number of carbonyl (C=O) groups is 3. The maximum absolute atomic E-state index is 13.3. The molecule has 4 rings (SSSR count). The monoisotopic (exact) mass is 520 g/mol. The van der Waals surface area contributed by atoms with Crippen molar-refractivity contribution in [1.29, 1.82) is 0 Å². The number of aliphatic hydroxyl groups is 1. The first-order valence-corrected chi connectivity index (χ1v) is 12.9. The van der Waals surface area contributed by atoms with E-state index in [1.54, 1.807) is 62.4 Å². The molecule has 0 aliphatic carbocycles. The molecule has 2 aromatic carbocycles. The van der Waals surface area contributed by atoms with Crippen LogP contribution in [0, 0.1) is 6.92 Å². The van der Waals surface area contributed by atoms with Gasteiger partial charge >= 0.3 is 11.9 Å². The van der Waals surface area contributed by atoms with Gasteiger partial charge in [0.05, 0.1) is 30.5 Å². The summed E-state index contributed by atoms with van der Waals surface area (Å²) in [6.07, 6.45) is 1.94. The number of thiazole rings is 1. The van der Waals surface area contributed by atoms with Crippen LogP contribution in [-0.2, 0) is 14.3 Å². The van der Waals surface area contributed by atoms with E-state index in [9.17, 15) is 19.5 Å². The van der Waals surface area contributed by atoms with Crippen molar-refractivity contribution in [3.05, 3.63) is 81.9 Å². The minimum Gasteiger partial charge on any atom is -0.507 e. The summed E-state index contributed by atoms with van der Waals surface area (Å²) in [7, 11) is 0. The number of nitrogens with zero attached hydrogens (tertiary/aromatic N) is 2. The van der Waals surface area contributed by atoms with Crippen molar-refractivity contribution in [2.75, 3.05) is 18.1 Å². The van der Waals surface area contributed by atoms with Crippen molar-refractivity contribution >= 4 is 39.9 Å². The lowest BCUT2D eigenvalue weighted by Crippen LogP contribution is -2.29. The lowest BCUT2D eigenvalue weighted by atomic mass is 9.95. The van der Waals surface area contributed by atoms with Crippen LogP contribution >= 0.6 is 11.3 Å². The summed E-state index contributed by atoms with van der Waals surface area (Å²) >= 11 is 0.976. The molecule has 1 fully saturated rings. The number of amides is 1. The fourth-order valence-corrected chi connectivity index (χ4v) is 5.04. The zero-order chi connectivity index (χ0) is 26.5. The normalized spacial score (nSPS) is 16.7. The number of anilines is 1. The fraction of sp³-hybridized carbons (Fsp3) is 0.286. The molecule has 1 aliphatic rings. The number of Topliss-reactive ketones (excluding diaryl/α,β-unsaturated/α-hetero) is 1. The molecule has 3 aromatic rings. The summed E-state index contributed by atoms with van der Waals surface area (Å²) in [6, 6.07) is 14.7. The highest BCUT2D eigenvalue weighted by molar-refractivity contribution is 7.17. The number of ketones is 1. The molecule has 8 nitrogen and oxygen atoms in total. The predicted octanol–water partition coefficient (Wildman–Crippen LogP) is 5.43. The largest absolute Gasteiger partial charge is 0.507 e. The maximum atomic E-state index is 13.3. The first-order chi connectivity index (χ1) is 17.9. The molecule has 0 unspecified atom stereocenters. The van der Waals surface area contributed by atoms with Crippen LogP contribution in [-0.4, -0.2) is 41.0 Å². The molecule has 1 aromatic heterocycles. The van der Waals surface area contributed by atoms with Crippen LogP contribution in [0.2, 0.25) is 0 Å². The van der Waals surface area contributed by atoms with E-state index in [1.807, 2.05) is 6.07 Å². The molecule has 9 heteroatoms.